The fraction of sp³-hybridized carbons (Fsp3) is 0.615. The monoisotopic (exact) mass is 261 g/mol. The third-order valence-corrected chi connectivity index (χ3v) is 2.88. The van der Waals surface area contributed by atoms with E-state index in [1.807, 2.05) is 26.8 Å². The van der Waals surface area contributed by atoms with Crippen LogP contribution < -0.4 is 10.2 Å². The molecule has 1 aliphatic heterocycles. The zero-order chi connectivity index (χ0) is 13.9. The maximum atomic E-state index is 9.06. The number of ether oxygens (including phenoxy) is 1. The van der Waals surface area contributed by atoms with Gasteiger partial charge in [0.2, 0.25) is 0 Å². The molecule has 0 radical (unpaired) electrons. The van der Waals surface area contributed by atoms with Gasteiger partial charge in [-0.2, -0.15) is 5.26 Å². The molecule has 1 aliphatic rings. The molecule has 102 valence electrons. The molecule has 1 aromatic heterocycles. The van der Waals surface area contributed by atoms with E-state index in [1.165, 1.54) is 0 Å². The van der Waals surface area contributed by atoms with Gasteiger partial charge in [0.15, 0.2) is 0 Å². The Morgan fingerprint density at radius 1 is 1.37 bits per heavy atom. The first kappa shape index (κ1) is 13.6. The van der Waals surface area contributed by atoms with Crippen molar-refractivity contribution in [1.29, 1.82) is 5.26 Å². The predicted octanol–water partition coefficient (Wildman–Crippen LogP) is 1.34. The molecule has 0 saturated carbocycles. The molecular formula is C13H19N5O. The molecule has 2 heterocycles. The highest BCUT2D eigenvalue weighted by Gasteiger charge is 2.19. The number of nitriles is 1. The van der Waals surface area contributed by atoms with Gasteiger partial charge in [0.25, 0.3) is 0 Å². The maximum Gasteiger partial charge on any atom is 0.134 e. The normalized spacial score (nSPS) is 16.0. The van der Waals surface area contributed by atoms with Gasteiger partial charge in [-0.05, 0) is 20.8 Å². The van der Waals surface area contributed by atoms with Crippen molar-refractivity contribution in [1.82, 2.24) is 9.97 Å². The van der Waals surface area contributed by atoms with Gasteiger partial charge < -0.3 is 15.0 Å². The van der Waals surface area contributed by atoms with Crippen molar-refractivity contribution in [3.8, 4) is 6.07 Å². The topological polar surface area (TPSA) is 74.1 Å². The summed E-state index contributed by atoms with van der Waals surface area (Å²) in [6.45, 7) is 8.59. The van der Waals surface area contributed by atoms with Crippen LogP contribution in [0.3, 0.4) is 0 Å². The molecule has 6 nitrogen and oxygen atoms in total. The van der Waals surface area contributed by atoms with Gasteiger partial charge in [0.1, 0.15) is 23.0 Å². The molecule has 0 aromatic carbocycles. The number of aromatic nitrogens is 2. The SMILES string of the molecule is Cc1nc(NC(C)(C)C#N)cc(N2CCOCC2)n1. The molecule has 0 aliphatic carbocycles. The molecule has 0 atom stereocenters. The van der Waals surface area contributed by atoms with Crippen LogP contribution >= 0.6 is 0 Å². The van der Waals surface area contributed by atoms with Gasteiger partial charge in [-0.3, -0.25) is 0 Å². The van der Waals surface area contributed by atoms with E-state index in [2.05, 4.69) is 26.3 Å². The molecule has 0 bridgehead atoms. The van der Waals surface area contributed by atoms with Crippen molar-refractivity contribution in [2.24, 2.45) is 0 Å². The summed E-state index contributed by atoms with van der Waals surface area (Å²) in [5.41, 5.74) is -0.650. The van der Waals surface area contributed by atoms with Crippen LogP contribution in [0.5, 0.6) is 0 Å². The first-order chi connectivity index (χ1) is 9.00. The molecule has 6 heteroatoms. The minimum atomic E-state index is -0.650. The molecule has 1 aromatic rings. The largest absolute Gasteiger partial charge is 0.378 e. The zero-order valence-corrected chi connectivity index (χ0v) is 11.6. The van der Waals surface area contributed by atoms with E-state index in [0.717, 1.165) is 32.1 Å². The van der Waals surface area contributed by atoms with Crippen molar-refractivity contribution in [2.75, 3.05) is 36.5 Å². The second-order valence-electron chi connectivity index (χ2n) is 5.12. The molecular weight excluding hydrogens is 242 g/mol. The molecule has 1 N–H and O–H groups in total. The van der Waals surface area contributed by atoms with Gasteiger partial charge in [0, 0.05) is 19.2 Å². The van der Waals surface area contributed by atoms with Gasteiger partial charge in [0.05, 0.1) is 19.3 Å². The highest BCUT2D eigenvalue weighted by molar-refractivity contribution is 5.51. The summed E-state index contributed by atoms with van der Waals surface area (Å²) in [4.78, 5) is 10.9. The van der Waals surface area contributed by atoms with Crippen LogP contribution in [0.4, 0.5) is 11.6 Å². The highest BCUT2D eigenvalue weighted by Crippen LogP contribution is 2.19. The van der Waals surface area contributed by atoms with Crippen molar-refractivity contribution in [3.63, 3.8) is 0 Å². The fourth-order valence-corrected chi connectivity index (χ4v) is 1.92. The number of hydrogen-bond donors (Lipinski definition) is 1. The Labute approximate surface area is 113 Å². The maximum absolute atomic E-state index is 9.06. The molecule has 2 rings (SSSR count). The van der Waals surface area contributed by atoms with Crippen LogP contribution in [0, 0.1) is 18.3 Å². The average molecular weight is 261 g/mol. The van der Waals surface area contributed by atoms with Crippen LogP contribution in [-0.4, -0.2) is 41.8 Å². The summed E-state index contributed by atoms with van der Waals surface area (Å²) in [5, 5.41) is 12.2. The van der Waals surface area contributed by atoms with Crippen LogP contribution in [0.2, 0.25) is 0 Å². The first-order valence-electron chi connectivity index (χ1n) is 6.38. The Balaban J connectivity index is 2.22. The molecule has 19 heavy (non-hydrogen) atoms. The lowest BCUT2D eigenvalue weighted by Gasteiger charge is -2.28. The summed E-state index contributed by atoms with van der Waals surface area (Å²) in [7, 11) is 0. The average Bonchev–Trinajstić information content (AvgIpc) is 2.38. The van der Waals surface area contributed by atoms with E-state index in [4.69, 9.17) is 10.00 Å². The van der Waals surface area contributed by atoms with Crippen molar-refractivity contribution < 1.29 is 4.74 Å². The Bertz CT molecular complexity index is 488. The molecule has 0 amide bonds. The van der Waals surface area contributed by atoms with E-state index in [0.29, 0.717) is 11.6 Å². The summed E-state index contributed by atoms with van der Waals surface area (Å²) >= 11 is 0. The highest BCUT2D eigenvalue weighted by atomic mass is 16.5. The van der Waals surface area contributed by atoms with E-state index in [1.54, 1.807) is 0 Å². The summed E-state index contributed by atoms with van der Waals surface area (Å²) < 4.78 is 5.34. The van der Waals surface area contributed by atoms with Gasteiger partial charge >= 0.3 is 0 Å². The second kappa shape index (κ2) is 5.41. The minimum absolute atomic E-state index is 0.650. The first-order valence-corrected chi connectivity index (χ1v) is 6.38. The number of anilines is 2. The standard InChI is InChI=1S/C13H19N5O/c1-10-15-11(17-13(2,3)9-14)8-12(16-10)18-4-6-19-7-5-18/h8H,4-7H2,1-3H3,(H,15,16,17). The number of rotatable bonds is 3. The van der Waals surface area contributed by atoms with Crippen LogP contribution in [0.25, 0.3) is 0 Å². The Kier molecular flexibility index (Phi) is 3.86. The number of hydrogen-bond acceptors (Lipinski definition) is 6. The van der Waals surface area contributed by atoms with Crippen LogP contribution in [0.1, 0.15) is 19.7 Å². The van der Waals surface area contributed by atoms with Crippen LogP contribution in [0.15, 0.2) is 6.07 Å². The van der Waals surface area contributed by atoms with Gasteiger partial charge in [-0.25, -0.2) is 9.97 Å². The third-order valence-electron chi connectivity index (χ3n) is 2.88. The number of nitrogens with zero attached hydrogens (tertiary/aromatic N) is 4. The van der Waals surface area contributed by atoms with Gasteiger partial charge in [-0.15, -0.1) is 0 Å². The Hall–Kier alpha value is -1.87. The lowest BCUT2D eigenvalue weighted by atomic mass is 10.1. The molecule has 1 saturated heterocycles. The Morgan fingerprint density at radius 2 is 2.05 bits per heavy atom. The van der Waals surface area contributed by atoms with Crippen molar-refractivity contribution in [2.45, 2.75) is 26.3 Å². The Morgan fingerprint density at radius 3 is 2.68 bits per heavy atom. The summed E-state index contributed by atoms with van der Waals surface area (Å²) in [6.07, 6.45) is 0. The minimum Gasteiger partial charge on any atom is -0.378 e. The lowest BCUT2D eigenvalue weighted by molar-refractivity contribution is 0.122. The fourth-order valence-electron chi connectivity index (χ4n) is 1.92. The van der Waals surface area contributed by atoms with E-state index in [-0.39, 0.29) is 0 Å². The number of nitrogens with one attached hydrogen (secondary N) is 1. The smallest absolute Gasteiger partial charge is 0.134 e. The number of aryl methyl sites for hydroxylation is 1. The molecule has 0 unspecified atom stereocenters. The van der Waals surface area contributed by atoms with Gasteiger partial charge in [-0.1, -0.05) is 0 Å². The lowest BCUT2D eigenvalue weighted by Crippen LogP contribution is -2.37. The van der Waals surface area contributed by atoms with E-state index >= 15 is 0 Å². The third kappa shape index (κ3) is 3.55. The van der Waals surface area contributed by atoms with Crippen molar-refractivity contribution >= 4 is 11.6 Å². The van der Waals surface area contributed by atoms with Crippen LogP contribution in [-0.2, 0) is 4.74 Å². The molecule has 1 fully saturated rings. The predicted molar refractivity (Wildman–Crippen MR) is 73.1 cm³/mol. The van der Waals surface area contributed by atoms with E-state index < -0.39 is 5.54 Å². The second-order valence-corrected chi connectivity index (χ2v) is 5.12. The summed E-state index contributed by atoms with van der Waals surface area (Å²) in [6, 6.07) is 4.09. The summed E-state index contributed by atoms with van der Waals surface area (Å²) in [5.74, 6) is 2.26. The quantitative estimate of drug-likeness (QED) is 0.885. The van der Waals surface area contributed by atoms with Crippen molar-refractivity contribution in [3.05, 3.63) is 11.9 Å². The number of morpholine rings is 1. The zero-order valence-electron chi connectivity index (χ0n) is 11.6. The van der Waals surface area contributed by atoms with E-state index in [9.17, 15) is 0 Å². The molecule has 0 spiro atoms.